The summed E-state index contributed by atoms with van der Waals surface area (Å²) in [6.45, 7) is 1.81. The normalized spacial score (nSPS) is 10.2. The maximum absolute atomic E-state index is 12.6. The van der Waals surface area contributed by atoms with Crippen molar-refractivity contribution < 1.29 is 19.2 Å². The Morgan fingerprint density at radius 1 is 1.12 bits per heavy atom. The van der Waals surface area contributed by atoms with Crippen LogP contribution in [0.25, 0.3) is 0 Å². The molecule has 0 unspecified atom stereocenters. The zero-order chi connectivity index (χ0) is 19.4. The lowest BCUT2D eigenvalue weighted by atomic mass is 10.1. The first-order valence-corrected chi connectivity index (χ1v) is 7.78. The van der Waals surface area contributed by atoms with Gasteiger partial charge in [-0.15, -0.1) is 0 Å². The summed E-state index contributed by atoms with van der Waals surface area (Å²) in [6.07, 6.45) is 0. The van der Waals surface area contributed by atoms with Crippen LogP contribution < -0.4 is 19.7 Å². The molecule has 0 saturated heterocycles. The zero-order valence-corrected chi connectivity index (χ0v) is 15.3. The highest BCUT2D eigenvalue weighted by Crippen LogP contribution is 2.33. The largest absolute Gasteiger partial charge is 0.493 e. The molecule has 2 aromatic rings. The number of nitrogens with zero attached hydrogens (tertiary/aromatic N) is 2. The molecule has 0 aliphatic heterocycles. The predicted octanol–water partition coefficient (Wildman–Crippen LogP) is 3.24. The number of nitro benzene ring substituents is 1. The van der Waals surface area contributed by atoms with Crippen molar-refractivity contribution in [2.24, 2.45) is 0 Å². The van der Waals surface area contributed by atoms with Crippen molar-refractivity contribution in [2.75, 3.05) is 38.5 Å². The highest BCUT2D eigenvalue weighted by molar-refractivity contribution is 6.05. The SMILES string of the molecule is COc1cc(C)c(NC(=O)c2ccc(N(C)C)c([N+](=O)[O-])c2)cc1OC. The van der Waals surface area contributed by atoms with E-state index in [2.05, 4.69) is 5.32 Å². The first-order chi connectivity index (χ1) is 12.3. The van der Waals surface area contributed by atoms with Crippen LogP contribution in [0, 0.1) is 17.0 Å². The molecular weight excluding hydrogens is 338 g/mol. The van der Waals surface area contributed by atoms with Crippen LogP contribution in [0.2, 0.25) is 0 Å². The third kappa shape index (κ3) is 3.85. The van der Waals surface area contributed by atoms with Gasteiger partial charge in [0.05, 0.1) is 19.1 Å². The van der Waals surface area contributed by atoms with E-state index in [0.717, 1.165) is 5.56 Å². The van der Waals surface area contributed by atoms with Crippen molar-refractivity contribution in [2.45, 2.75) is 6.92 Å². The van der Waals surface area contributed by atoms with Crippen LogP contribution in [0.4, 0.5) is 17.1 Å². The van der Waals surface area contributed by atoms with Crippen molar-refractivity contribution in [1.29, 1.82) is 0 Å². The summed E-state index contributed by atoms with van der Waals surface area (Å²) >= 11 is 0. The highest BCUT2D eigenvalue weighted by atomic mass is 16.6. The molecule has 0 saturated carbocycles. The molecule has 0 fully saturated rings. The third-order valence-electron chi connectivity index (χ3n) is 3.89. The van der Waals surface area contributed by atoms with Crippen LogP contribution in [-0.4, -0.2) is 39.1 Å². The van der Waals surface area contributed by atoms with Gasteiger partial charge in [-0.2, -0.15) is 0 Å². The number of hydrogen-bond donors (Lipinski definition) is 1. The maximum atomic E-state index is 12.6. The molecule has 26 heavy (non-hydrogen) atoms. The quantitative estimate of drug-likeness (QED) is 0.628. The fourth-order valence-corrected chi connectivity index (χ4v) is 2.50. The number of nitro groups is 1. The first kappa shape index (κ1) is 19.0. The summed E-state index contributed by atoms with van der Waals surface area (Å²) in [6, 6.07) is 7.75. The minimum absolute atomic E-state index is 0.133. The number of rotatable bonds is 6. The van der Waals surface area contributed by atoms with E-state index in [1.807, 2.05) is 6.92 Å². The summed E-state index contributed by atoms with van der Waals surface area (Å²) in [7, 11) is 6.44. The van der Waals surface area contributed by atoms with Gasteiger partial charge < -0.3 is 19.7 Å². The number of amides is 1. The van der Waals surface area contributed by atoms with Crippen molar-refractivity contribution in [3.63, 3.8) is 0 Å². The van der Waals surface area contributed by atoms with E-state index in [1.54, 1.807) is 43.3 Å². The fraction of sp³-hybridized carbons (Fsp3) is 0.278. The Labute approximate surface area is 151 Å². The van der Waals surface area contributed by atoms with E-state index >= 15 is 0 Å². The van der Waals surface area contributed by atoms with Crippen molar-refractivity contribution >= 4 is 23.0 Å². The number of aryl methyl sites for hydroxylation is 1. The lowest BCUT2D eigenvalue weighted by molar-refractivity contribution is -0.384. The van der Waals surface area contributed by atoms with Crippen molar-refractivity contribution in [3.8, 4) is 11.5 Å². The Morgan fingerprint density at radius 2 is 1.73 bits per heavy atom. The van der Waals surface area contributed by atoms with E-state index in [0.29, 0.717) is 22.9 Å². The van der Waals surface area contributed by atoms with E-state index in [1.165, 1.54) is 20.3 Å². The van der Waals surface area contributed by atoms with Gasteiger partial charge in [-0.05, 0) is 30.7 Å². The molecule has 0 aromatic heterocycles. The van der Waals surface area contributed by atoms with E-state index in [-0.39, 0.29) is 11.3 Å². The lowest BCUT2D eigenvalue weighted by Gasteiger charge is -2.15. The van der Waals surface area contributed by atoms with E-state index in [4.69, 9.17) is 9.47 Å². The third-order valence-corrected chi connectivity index (χ3v) is 3.89. The van der Waals surface area contributed by atoms with Gasteiger partial charge in [-0.3, -0.25) is 14.9 Å². The average Bonchev–Trinajstić information content (AvgIpc) is 2.62. The number of nitrogens with one attached hydrogen (secondary N) is 1. The molecule has 0 radical (unpaired) electrons. The molecule has 0 atom stereocenters. The molecule has 0 spiro atoms. The van der Waals surface area contributed by atoms with Gasteiger partial charge in [0.2, 0.25) is 0 Å². The Hall–Kier alpha value is -3.29. The minimum atomic E-state index is -0.506. The molecule has 8 heteroatoms. The summed E-state index contributed by atoms with van der Waals surface area (Å²) in [4.78, 5) is 25.0. The van der Waals surface area contributed by atoms with Crippen molar-refractivity contribution in [1.82, 2.24) is 0 Å². The van der Waals surface area contributed by atoms with E-state index in [9.17, 15) is 14.9 Å². The van der Waals surface area contributed by atoms with Gasteiger partial charge in [0, 0.05) is 37.5 Å². The number of methoxy groups -OCH3 is 2. The smallest absolute Gasteiger partial charge is 0.293 e. The van der Waals surface area contributed by atoms with Crippen LogP contribution in [0.15, 0.2) is 30.3 Å². The molecule has 2 aromatic carbocycles. The Kier molecular flexibility index (Phi) is 5.66. The van der Waals surface area contributed by atoms with Gasteiger partial charge in [0.25, 0.3) is 11.6 Å². The monoisotopic (exact) mass is 359 g/mol. The Bertz CT molecular complexity index is 849. The van der Waals surface area contributed by atoms with Crippen LogP contribution in [-0.2, 0) is 0 Å². The van der Waals surface area contributed by atoms with Gasteiger partial charge in [-0.1, -0.05) is 0 Å². The van der Waals surface area contributed by atoms with Crippen LogP contribution in [0.1, 0.15) is 15.9 Å². The second kappa shape index (κ2) is 7.73. The molecule has 8 nitrogen and oxygen atoms in total. The molecular formula is C18H21N3O5. The molecule has 2 rings (SSSR count). The highest BCUT2D eigenvalue weighted by Gasteiger charge is 2.19. The number of carbonyl (C=O) groups is 1. The van der Waals surface area contributed by atoms with Gasteiger partial charge in [0.1, 0.15) is 5.69 Å². The van der Waals surface area contributed by atoms with Crippen molar-refractivity contribution in [3.05, 3.63) is 51.6 Å². The predicted molar refractivity (Wildman–Crippen MR) is 99.7 cm³/mol. The fourth-order valence-electron chi connectivity index (χ4n) is 2.50. The molecule has 0 bridgehead atoms. The summed E-state index contributed by atoms with van der Waals surface area (Å²) in [5.41, 5.74) is 1.79. The van der Waals surface area contributed by atoms with Crippen LogP contribution >= 0.6 is 0 Å². The Balaban J connectivity index is 2.36. The second-order valence-corrected chi connectivity index (χ2v) is 5.83. The number of benzene rings is 2. The molecule has 0 aliphatic rings. The average molecular weight is 359 g/mol. The topological polar surface area (TPSA) is 93.9 Å². The van der Waals surface area contributed by atoms with Gasteiger partial charge >= 0.3 is 0 Å². The van der Waals surface area contributed by atoms with E-state index < -0.39 is 10.8 Å². The number of carbonyl (C=O) groups excluding carboxylic acids is 1. The maximum Gasteiger partial charge on any atom is 0.293 e. The lowest BCUT2D eigenvalue weighted by Crippen LogP contribution is -2.15. The number of ether oxygens (including phenoxy) is 2. The summed E-state index contributed by atoms with van der Waals surface area (Å²) < 4.78 is 10.5. The molecule has 1 N–H and O–H groups in total. The van der Waals surface area contributed by atoms with Gasteiger partial charge in [0.15, 0.2) is 11.5 Å². The standard InChI is InChI=1S/C18H21N3O5/c1-11-8-16(25-4)17(26-5)10-13(11)19-18(22)12-6-7-14(20(2)3)15(9-12)21(23)24/h6-10H,1-5H3,(H,19,22). The molecule has 0 aliphatic carbocycles. The van der Waals surface area contributed by atoms with Crippen LogP contribution in [0.3, 0.4) is 0 Å². The van der Waals surface area contributed by atoms with Crippen LogP contribution in [0.5, 0.6) is 11.5 Å². The first-order valence-electron chi connectivity index (χ1n) is 7.78. The minimum Gasteiger partial charge on any atom is -0.493 e. The number of anilines is 2. The van der Waals surface area contributed by atoms with Gasteiger partial charge in [-0.25, -0.2) is 0 Å². The zero-order valence-electron chi connectivity index (χ0n) is 15.3. The molecule has 138 valence electrons. The Morgan fingerprint density at radius 3 is 2.27 bits per heavy atom. The second-order valence-electron chi connectivity index (χ2n) is 5.83. The molecule has 0 heterocycles. The molecule has 1 amide bonds. The number of hydrogen-bond acceptors (Lipinski definition) is 6. The summed E-state index contributed by atoms with van der Waals surface area (Å²) in [5, 5.41) is 14.0. The summed E-state index contributed by atoms with van der Waals surface area (Å²) in [5.74, 6) is 0.574.